The third kappa shape index (κ3) is 3.88. The molecule has 162 valence electrons. The van der Waals surface area contributed by atoms with Crippen molar-refractivity contribution in [3.8, 4) is 11.5 Å². The number of rotatable bonds is 4. The number of likely N-dealkylation sites (tertiary alicyclic amines) is 1. The summed E-state index contributed by atoms with van der Waals surface area (Å²) in [5.41, 5.74) is 1.02. The molecule has 1 atom stereocenters. The molecule has 1 aliphatic carbocycles. The summed E-state index contributed by atoms with van der Waals surface area (Å²) >= 11 is 6.22. The number of aromatic hydroxyl groups is 1. The Bertz CT molecular complexity index is 1040. The van der Waals surface area contributed by atoms with Gasteiger partial charge in [-0.05, 0) is 48.7 Å². The van der Waals surface area contributed by atoms with Crippen molar-refractivity contribution in [3.05, 3.63) is 64.2 Å². The number of ether oxygens (including phenoxy) is 1. The molecule has 1 saturated carbocycles. The number of phenols is 1. The fraction of sp³-hybridized carbons (Fsp3) is 0.333. The minimum atomic E-state index is -0.732. The Morgan fingerprint density at radius 1 is 1.06 bits per heavy atom. The molecule has 2 aromatic rings. The highest BCUT2D eigenvalue weighted by molar-refractivity contribution is 6.46. The number of aliphatic hydroxyl groups excluding tert-OH is 1. The molecule has 1 heterocycles. The maximum absolute atomic E-state index is 13.1. The summed E-state index contributed by atoms with van der Waals surface area (Å²) in [6, 6.07) is 10.3. The van der Waals surface area contributed by atoms with Crippen molar-refractivity contribution in [2.45, 2.75) is 44.2 Å². The molecule has 1 saturated heterocycles. The van der Waals surface area contributed by atoms with E-state index < -0.39 is 17.7 Å². The molecule has 0 radical (unpaired) electrons. The van der Waals surface area contributed by atoms with Crippen LogP contribution in [0, 0.1) is 0 Å². The van der Waals surface area contributed by atoms with Gasteiger partial charge < -0.3 is 19.8 Å². The van der Waals surface area contributed by atoms with Gasteiger partial charge in [0.15, 0.2) is 0 Å². The Kier molecular flexibility index (Phi) is 5.92. The number of ketones is 1. The lowest BCUT2D eigenvalue weighted by molar-refractivity contribution is -0.141. The Balaban J connectivity index is 1.86. The Morgan fingerprint density at radius 3 is 2.35 bits per heavy atom. The van der Waals surface area contributed by atoms with E-state index in [0.717, 1.165) is 32.1 Å². The zero-order valence-corrected chi connectivity index (χ0v) is 17.9. The molecule has 31 heavy (non-hydrogen) atoms. The van der Waals surface area contributed by atoms with Crippen LogP contribution in [0.3, 0.4) is 0 Å². The molecule has 2 aliphatic rings. The fourth-order valence-corrected chi connectivity index (χ4v) is 4.80. The number of halogens is 1. The molecule has 1 unspecified atom stereocenters. The number of aliphatic hydroxyl groups is 1. The molecular formula is C24H24ClNO5. The highest BCUT2D eigenvalue weighted by Gasteiger charge is 2.48. The van der Waals surface area contributed by atoms with Crippen LogP contribution in [0.4, 0.5) is 0 Å². The predicted molar refractivity (Wildman–Crippen MR) is 117 cm³/mol. The molecular weight excluding hydrogens is 418 g/mol. The van der Waals surface area contributed by atoms with Crippen LogP contribution in [-0.2, 0) is 9.59 Å². The average molecular weight is 442 g/mol. The number of hydrogen-bond acceptors (Lipinski definition) is 5. The second kappa shape index (κ2) is 8.63. The van der Waals surface area contributed by atoms with Gasteiger partial charge in [-0.3, -0.25) is 9.59 Å². The van der Waals surface area contributed by atoms with E-state index in [1.54, 1.807) is 29.2 Å². The second-order valence-corrected chi connectivity index (χ2v) is 8.35. The topological polar surface area (TPSA) is 87.1 Å². The Morgan fingerprint density at radius 2 is 1.74 bits per heavy atom. The summed E-state index contributed by atoms with van der Waals surface area (Å²) in [6.45, 7) is 0. The number of benzene rings is 2. The predicted octanol–water partition coefficient (Wildman–Crippen LogP) is 4.81. The van der Waals surface area contributed by atoms with Crippen LogP contribution in [0.25, 0.3) is 5.76 Å². The first kappa shape index (κ1) is 21.2. The van der Waals surface area contributed by atoms with Crippen molar-refractivity contribution in [1.29, 1.82) is 0 Å². The molecule has 1 amide bonds. The first-order valence-corrected chi connectivity index (χ1v) is 10.7. The van der Waals surface area contributed by atoms with E-state index in [0.29, 0.717) is 16.9 Å². The highest BCUT2D eigenvalue weighted by Crippen LogP contribution is 2.43. The van der Waals surface area contributed by atoms with Gasteiger partial charge in [0.05, 0.1) is 23.7 Å². The smallest absolute Gasteiger partial charge is 0.295 e. The van der Waals surface area contributed by atoms with Crippen molar-refractivity contribution in [1.82, 2.24) is 4.90 Å². The van der Waals surface area contributed by atoms with Gasteiger partial charge in [0, 0.05) is 11.6 Å². The van der Waals surface area contributed by atoms with Crippen molar-refractivity contribution in [3.63, 3.8) is 0 Å². The quantitative estimate of drug-likeness (QED) is 0.404. The van der Waals surface area contributed by atoms with E-state index in [1.807, 2.05) is 0 Å². The lowest BCUT2D eigenvalue weighted by atomic mass is 9.91. The summed E-state index contributed by atoms with van der Waals surface area (Å²) < 4.78 is 5.16. The molecule has 0 bridgehead atoms. The summed E-state index contributed by atoms with van der Waals surface area (Å²) in [7, 11) is 1.49. The van der Waals surface area contributed by atoms with Crippen LogP contribution in [0.2, 0.25) is 5.02 Å². The van der Waals surface area contributed by atoms with Crippen LogP contribution in [-0.4, -0.2) is 40.0 Å². The van der Waals surface area contributed by atoms with Gasteiger partial charge in [-0.25, -0.2) is 0 Å². The number of methoxy groups -OCH3 is 1. The van der Waals surface area contributed by atoms with E-state index in [-0.39, 0.29) is 28.1 Å². The first-order valence-electron chi connectivity index (χ1n) is 10.4. The van der Waals surface area contributed by atoms with Crippen molar-refractivity contribution >= 4 is 29.1 Å². The lowest BCUT2D eigenvalue weighted by Crippen LogP contribution is -2.40. The largest absolute Gasteiger partial charge is 0.508 e. The number of phenolic OH excluding ortho intramolecular Hbond substituents is 1. The maximum Gasteiger partial charge on any atom is 0.295 e. The maximum atomic E-state index is 13.1. The summed E-state index contributed by atoms with van der Waals surface area (Å²) in [5, 5.41) is 21.1. The van der Waals surface area contributed by atoms with Gasteiger partial charge >= 0.3 is 0 Å². The molecule has 1 aliphatic heterocycles. The first-order chi connectivity index (χ1) is 14.9. The number of carbonyl (C=O) groups is 2. The number of nitrogens with zero attached hydrogens (tertiary/aromatic N) is 1. The molecule has 4 rings (SSSR count). The Hall–Kier alpha value is -2.99. The van der Waals surface area contributed by atoms with Crippen LogP contribution < -0.4 is 4.74 Å². The van der Waals surface area contributed by atoms with E-state index >= 15 is 0 Å². The number of carbonyl (C=O) groups excluding carboxylic acids is 2. The minimum Gasteiger partial charge on any atom is -0.508 e. The molecule has 0 spiro atoms. The van der Waals surface area contributed by atoms with Crippen molar-refractivity contribution in [2.24, 2.45) is 0 Å². The van der Waals surface area contributed by atoms with Crippen LogP contribution in [0.1, 0.15) is 49.3 Å². The van der Waals surface area contributed by atoms with Crippen LogP contribution in [0.15, 0.2) is 48.0 Å². The molecule has 7 heteroatoms. The monoisotopic (exact) mass is 441 g/mol. The molecule has 6 nitrogen and oxygen atoms in total. The molecule has 2 N–H and O–H groups in total. The highest BCUT2D eigenvalue weighted by atomic mass is 35.5. The summed E-state index contributed by atoms with van der Waals surface area (Å²) in [6.07, 6.45) is 4.72. The zero-order chi connectivity index (χ0) is 22.1. The fourth-order valence-electron chi connectivity index (χ4n) is 4.54. The van der Waals surface area contributed by atoms with E-state index in [9.17, 15) is 19.8 Å². The Labute approximate surface area is 185 Å². The minimum absolute atomic E-state index is 0.0301. The number of Topliss-reactive ketones (excluding diaryl/α,β-unsaturated/α-hetero) is 1. The van der Waals surface area contributed by atoms with E-state index in [4.69, 9.17) is 16.3 Å². The van der Waals surface area contributed by atoms with Gasteiger partial charge in [0.1, 0.15) is 17.3 Å². The lowest BCUT2D eigenvalue weighted by Gasteiger charge is -2.35. The van der Waals surface area contributed by atoms with Crippen molar-refractivity contribution < 1.29 is 24.5 Å². The van der Waals surface area contributed by atoms with Gasteiger partial charge in [-0.1, -0.05) is 43.0 Å². The van der Waals surface area contributed by atoms with Gasteiger partial charge in [0.2, 0.25) is 0 Å². The van der Waals surface area contributed by atoms with Crippen LogP contribution in [0.5, 0.6) is 11.5 Å². The molecule has 2 aromatic carbocycles. The number of hydrogen-bond donors (Lipinski definition) is 2. The van der Waals surface area contributed by atoms with Gasteiger partial charge in [-0.15, -0.1) is 0 Å². The molecule has 0 aromatic heterocycles. The standard InChI is InChI=1S/C24H24ClNO5/c1-31-19-12-9-15(13-18(19)25)22(28)20-21(14-7-10-17(27)11-8-14)26(24(30)23(20)29)16-5-3-2-4-6-16/h7-13,16,21,27-28H,2-6H2,1H3/b22-20-. The van der Waals surface area contributed by atoms with E-state index in [2.05, 4.69) is 0 Å². The van der Waals surface area contributed by atoms with Crippen molar-refractivity contribution in [2.75, 3.05) is 7.11 Å². The third-order valence-corrected chi connectivity index (χ3v) is 6.38. The summed E-state index contributed by atoms with van der Waals surface area (Å²) in [4.78, 5) is 27.8. The van der Waals surface area contributed by atoms with Gasteiger partial charge in [0.25, 0.3) is 11.7 Å². The second-order valence-electron chi connectivity index (χ2n) is 7.94. The molecule has 2 fully saturated rings. The SMILES string of the molecule is COc1ccc(/C(O)=C2/C(=O)C(=O)N(C3CCCCC3)C2c2ccc(O)cc2)cc1Cl. The van der Waals surface area contributed by atoms with E-state index in [1.165, 1.54) is 25.3 Å². The zero-order valence-electron chi connectivity index (χ0n) is 17.2. The summed E-state index contributed by atoms with van der Waals surface area (Å²) in [5.74, 6) is -1.07. The average Bonchev–Trinajstić information content (AvgIpc) is 3.05. The van der Waals surface area contributed by atoms with Crippen LogP contribution >= 0.6 is 11.6 Å². The third-order valence-electron chi connectivity index (χ3n) is 6.08. The normalized spacial score (nSPS) is 21.5. The number of amides is 1. The van der Waals surface area contributed by atoms with Gasteiger partial charge in [-0.2, -0.15) is 0 Å².